The Labute approximate surface area is 50.4 Å². The zero-order valence-corrected chi connectivity index (χ0v) is 6.28. The molecule has 0 saturated heterocycles. The molecule has 0 N–H and O–H groups in total. The van der Waals surface area contributed by atoms with Gasteiger partial charge in [-0.25, -0.2) is 0 Å². The largest absolute Gasteiger partial charge is 0.285 e. The molecule has 0 fully saturated rings. The summed E-state index contributed by atoms with van der Waals surface area (Å²) >= 11 is 0. The quantitative estimate of drug-likeness (QED) is 0.322. The molecule has 0 aliphatic carbocycles. The van der Waals surface area contributed by atoms with Crippen LogP contribution in [0.25, 0.3) is 0 Å². The van der Waals surface area contributed by atoms with Crippen LogP contribution in [0.15, 0.2) is 9.59 Å². The van der Waals surface area contributed by atoms with E-state index in [0.717, 1.165) is 0 Å². The molecule has 0 bridgehead atoms. The van der Waals surface area contributed by atoms with Gasteiger partial charge in [0.25, 0.3) is 0 Å². The zero-order valence-electron chi connectivity index (χ0n) is 3.97. The lowest BCUT2D eigenvalue weighted by Gasteiger charge is -1.95. The van der Waals surface area contributed by atoms with E-state index in [0.29, 0.717) is 10.6 Å². The number of rotatable bonds is 0. The molecule has 2 atom stereocenters. The molecule has 0 spiro atoms. The van der Waals surface area contributed by atoms with Crippen LogP contribution < -0.4 is 21.5 Å². The molecule has 0 aromatic heterocycles. The van der Waals surface area contributed by atoms with Crippen LogP contribution in [0, 0.1) is 0 Å². The van der Waals surface area contributed by atoms with E-state index in [9.17, 15) is 9.59 Å². The fraction of sp³-hybridized carbons (Fsp3) is 0. The molecule has 42 valence electrons. The highest BCUT2D eigenvalue weighted by Crippen LogP contribution is 1.80. The summed E-state index contributed by atoms with van der Waals surface area (Å²) in [7, 11) is 4.42. The van der Waals surface area contributed by atoms with E-state index in [2.05, 4.69) is 18.5 Å². The van der Waals surface area contributed by atoms with E-state index in [1.54, 1.807) is 0 Å². The van der Waals surface area contributed by atoms with E-state index in [-0.39, 0.29) is 10.9 Å². The standard InChI is InChI=1S/C4H4O2P2/c5-1-2(6)4(8)3(1)7/h7-8H2. The van der Waals surface area contributed by atoms with Crippen LogP contribution in [0.3, 0.4) is 0 Å². The summed E-state index contributed by atoms with van der Waals surface area (Å²) < 4.78 is 0. The maximum atomic E-state index is 10.3. The average Bonchev–Trinajstić information content (AvgIpc) is 1.83. The normalized spacial score (nSPS) is 10.2. The molecule has 0 aliphatic heterocycles. The third kappa shape index (κ3) is 0.571. The van der Waals surface area contributed by atoms with Gasteiger partial charge in [-0.3, -0.25) is 9.59 Å². The van der Waals surface area contributed by atoms with Crippen LogP contribution in [0.5, 0.6) is 0 Å². The summed E-state index contributed by atoms with van der Waals surface area (Å²) in [6.45, 7) is 0. The number of hydrogen-bond acceptors (Lipinski definition) is 2. The van der Waals surface area contributed by atoms with Crippen LogP contribution in [0.2, 0.25) is 0 Å². The van der Waals surface area contributed by atoms with Crippen molar-refractivity contribution >= 4 is 29.1 Å². The first-order valence-electron chi connectivity index (χ1n) is 1.99. The van der Waals surface area contributed by atoms with Crippen LogP contribution in [-0.4, -0.2) is 0 Å². The summed E-state index contributed by atoms with van der Waals surface area (Å²) in [5.74, 6) is 0. The maximum Gasteiger partial charge on any atom is 0.234 e. The molecule has 0 amide bonds. The summed E-state index contributed by atoms with van der Waals surface area (Å²) in [6.07, 6.45) is 0. The topological polar surface area (TPSA) is 34.1 Å². The first-order chi connectivity index (χ1) is 3.64. The molecule has 4 heteroatoms. The van der Waals surface area contributed by atoms with Crippen molar-refractivity contribution in [1.82, 2.24) is 0 Å². The van der Waals surface area contributed by atoms with Crippen molar-refractivity contribution in [3.63, 3.8) is 0 Å². The Morgan fingerprint density at radius 2 is 1.12 bits per heavy atom. The zero-order chi connectivity index (χ0) is 6.31. The second-order valence-electron chi connectivity index (χ2n) is 1.49. The van der Waals surface area contributed by atoms with Gasteiger partial charge in [0, 0.05) is 10.6 Å². The Bertz CT molecular complexity index is 252. The van der Waals surface area contributed by atoms with E-state index in [1.165, 1.54) is 0 Å². The lowest BCUT2D eigenvalue weighted by molar-refractivity contribution is 1.55. The molecule has 0 heterocycles. The van der Waals surface area contributed by atoms with Crippen molar-refractivity contribution in [3.05, 3.63) is 20.4 Å². The van der Waals surface area contributed by atoms with Crippen LogP contribution in [0.4, 0.5) is 0 Å². The molecule has 0 saturated carbocycles. The summed E-state index contributed by atoms with van der Waals surface area (Å²) in [5, 5.41) is 1.00. The number of hydrogen-bond donors (Lipinski definition) is 0. The molecule has 2 nitrogen and oxygen atoms in total. The molecule has 0 aliphatic rings. The van der Waals surface area contributed by atoms with Crippen LogP contribution in [-0.2, 0) is 0 Å². The van der Waals surface area contributed by atoms with Crippen molar-refractivity contribution in [2.75, 3.05) is 0 Å². The van der Waals surface area contributed by atoms with Gasteiger partial charge in [0.15, 0.2) is 0 Å². The molecule has 1 aromatic rings. The van der Waals surface area contributed by atoms with Crippen molar-refractivity contribution in [3.8, 4) is 0 Å². The predicted molar refractivity (Wildman–Crippen MR) is 40.0 cm³/mol. The lowest BCUT2D eigenvalue weighted by Crippen LogP contribution is -2.55. The fourth-order valence-electron chi connectivity index (χ4n) is 0.427. The molecule has 8 heavy (non-hydrogen) atoms. The minimum atomic E-state index is -0.375. The van der Waals surface area contributed by atoms with E-state index in [4.69, 9.17) is 0 Å². The summed E-state index contributed by atoms with van der Waals surface area (Å²) in [6, 6.07) is 0. The van der Waals surface area contributed by atoms with Crippen LogP contribution in [0.1, 0.15) is 0 Å². The third-order valence-corrected chi connectivity index (χ3v) is 2.47. The predicted octanol–water partition coefficient (Wildman–Crippen LogP) is -1.72. The first kappa shape index (κ1) is 6.07. The highest BCUT2D eigenvalue weighted by atomic mass is 31.0. The van der Waals surface area contributed by atoms with Gasteiger partial charge in [-0.15, -0.1) is 18.5 Å². The molecule has 1 rings (SSSR count). The Balaban J connectivity index is 3.48. The maximum absolute atomic E-state index is 10.3. The SMILES string of the molecule is O=c1c(P)c(P)c1=O. The van der Waals surface area contributed by atoms with Gasteiger partial charge in [0.05, 0.1) is 0 Å². The van der Waals surface area contributed by atoms with E-state index >= 15 is 0 Å². The summed E-state index contributed by atoms with van der Waals surface area (Å²) in [4.78, 5) is 20.7. The van der Waals surface area contributed by atoms with Gasteiger partial charge in [-0.2, -0.15) is 0 Å². The average molecular weight is 146 g/mol. The van der Waals surface area contributed by atoms with E-state index < -0.39 is 0 Å². The second kappa shape index (κ2) is 1.72. The van der Waals surface area contributed by atoms with Gasteiger partial charge >= 0.3 is 0 Å². The lowest BCUT2D eigenvalue weighted by atomic mass is 10.3. The molecule has 2 unspecified atom stereocenters. The van der Waals surface area contributed by atoms with Crippen molar-refractivity contribution in [1.29, 1.82) is 0 Å². The van der Waals surface area contributed by atoms with Gasteiger partial charge in [0.1, 0.15) is 0 Å². The Morgan fingerprint density at radius 1 is 0.875 bits per heavy atom. The van der Waals surface area contributed by atoms with Crippen LogP contribution >= 0.6 is 18.5 Å². The van der Waals surface area contributed by atoms with Gasteiger partial charge < -0.3 is 0 Å². The smallest absolute Gasteiger partial charge is 0.234 e. The van der Waals surface area contributed by atoms with Crippen molar-refractivity contribution in [2.45, 2.75) is 0 Å². The highest BCUT2D eigenvalue weighted by Gasteiger charge is 2.10. The third-order valence-electron chi connectivity index (χ3n) is 0.986. The Kier molecular flexibility index (Phi) is 1.30. The van der Waals surface area contributed by atoms with Gasteiger partial charge in [0.2, 0.25) is 10.9 Å². The van der Waals surface area contributed by atoms with Gasteiger partial charge in [-0.05, 0) is 0 Å². The summed E-state index contributed by atoms with van der Waals surface area (Å²) in [5.41, 5.74) is -0.750. The Hall–Kier alpha value is -0.0600. The Morgan fingerprint density at radius 3 is 1.25 bits per heavy atom. The van der Waals surface area contributed by atoms with E-state index in [1.807, 2.05) is 0 Å². The monoisotopic (exact) mass is 146 g/mol. The van der Waals surface area contributed by atoms with Crippen molar-refractivity contribution in [2.24, 2.45) is 0 Å². The molecular weight excluding hydrogens is 142 g/mol. The molecule has 0 radical (unpaired) electrons. The second-order valence-corrected chi connectivity index (χ2v) is 2.64. The fourth-order valence-corrected chi connectivity index (χ4v) is 0.951. The molecular formula is C4H4O2P2. The minimum Gasteiger partial charge on any atom is -0.285 e. The van der Waals surface area contributed by atoms with Crippen molar-refractivity contribution < 1.29 is 0 Å². The molecule has 1 aromatic carbocycles. The minimum absolute atomic E-state index is 0.375. The van der Waals surface area contributed by atoms with Gasteiger partial charge in [-0.1, -0.05) is 0 Å². The first-order valence-corrected chi connectivity index (χ1v) is 3.14. The highest BCUT2D eigenvalue weighted by molar-refractivity contribution is 7.36.